The Bertz CT molecular complexity index is 1880. The molecule has 1 atom stereocenters. The fourth-order valence-corrected chi connectivity index (χ4v) is 4.51. The number of benzene rings is 2. The lowest BCUT2D eigenvalue weighted by Gasteiger charge is -2.18. The van der Waals surface area contributed by atoms with Crippen molar-refractivity contribution in [3.8, 4) is 11.1 Å². The second kappa shape index (κ2) is 11.5. The average Bonchev–Trinajstić information content (AvgIpc) is 3.17. The number of nitrogens with zero attached hydrogens (tertiary/aromatic N) is 5. The molecule has 0 saturated heterocycles. The molecule has 2 aliphatic heterocycles. The number of ether oxygens (including phenoxy) is 1. The highest BCUT2D eigenvalue weighted by Gasteiger charge is 2.34. The molecule has 13 heteroatoms. The lowest BCUT2D eigenvalue weighted by molar-refractivity contribution is -0.141. The first-order chi connectivity index (χ1) is 21.2. The minimum Gasteiger partial charge on any atom is -0.415 e. The molecule has 0 fully saturated rings. The number of rotatable bonds is 5. The summed E-state index contributed by atoms with van der Waals surface area (Å²) in [5.74, 6) is -1.07. The van der Waals surface area contributed by atoms with Crippen LogP contribution < -0.4 is 10.6 Å². The summed E-state index contributed by atoms with van der Waals surface area (Å²) in [5, 5.41) is 5.22. The predicted octanol–water partition coefficient (Wildman–Crippen LogP) is 5.50. The van der Waals surface area contributed by atoms with E-state index in [0.717, 1.165) is 6.07 Å². The van der Waals surface area contributed by atoms with Gasteiger partial charge in [0.2, 0.25) is 11.9 Å². The van der Waals surface area contributed by atoms with E-state index in [9.17, 15) is 22.4 Å². The van der Waals surface area contributed by atoms with Crippen molar-refractivity contribution in [1.29, 1.82) is 0 Å². The van der Waals surface area contributed by atoms with Crippen LogP contribution in [-0.4, -0.2) is 38.8 Å². The Hall–Kier alpha value is -5.68. The summed E-state index contributed by atoms with van der Waals surface area (Å²) < 4.78 is 61.6. The number of amidine groups is 1. The summed E-state index contributed by atoms with van der Waals surface area (Å²) in [5.41, 5.74) is 3.19. The SMILES string of the molecule is CCc1ncc(-c2ccc(C(F)(F)F)nc2C2=C=CN/C(=N\C3N=C(c4ccccc4)c4cccc(F)c4NC3=O)O2)cn1. The van der Waals surface area contributed by atoms with Crippen molar-refractivity contribution in [2.75, 3.05) is 5.32 Å². The van der Waals surface area contributed by atoms with Gasteiger partial charge < -0.3 is 15.4 Å². The molecule has 6 rings (SSSR count). The summed E-state index contributed by atoms with van der Waals surface area (Å²) in [7, 11) is 0. The summed E-state index contributed by atoms with van der Waals surface area (Å²) in [6, 6.07) is 15.0. The molecule has 1 unspecified atom stereocenters. The lowest BCUT2D eigenvalue weighted by Crippen LogP contribution is -2.30. The Morgan fingerprint density at radius 3 is 2.48 bits per heavy atom. The monoisotopic (exact) mass is 599 g/mol. The predicted molar refractivity (Wildman–Crippen MR) is 154 cm³/mol. The Morgan fingerprint density at radius 1 is 0.977 bits per heavy atom. The highest BCUT2D eigenvalue weighted by Crippen LogP contribution is 2.34. The number of pyridine rings is 1. The van der Waals surface area contributed by atoms with Crippen LogP contribution in [0.5, 0.6) is 0 Å². The number of carbonyl (C=O) groups is 1. The van der Waals surface area contributed by atoms with Gasteiger partial charge in [-0.3, -0.25) is 4.79 Å². The first-order valence-corrected chi connectivity index (χ1v) is 13.3. The van der Waals surface area contributed by atoms with Crippen LogP contribution in [0, 0.1) is 5.82 Å². The maximum absolute atomic E-state index is 14.8. The number of nitrogens with one attached hydrogen (secondary N) is 2. The van der Waals surface area contributed by atoms with Crippen LogP contribution in [0.1, 0.15) is 35.3 Å². The summed E-state index contributed by atoms with van der Waals surface area (Å²) in [6.07, 6.45) is -1.42. The molecule has 0 radical (unpaired) electrons. The van der Waals surface area contributed by atoms with E-state index in [0.29, 0.717) is 34.6 Å². The number of alkyl halides is 3. The number of aryl methyl sites for hydroxylation is 1. The summed E-state index contributed by atoms with van der Waals surface area (Å²) >= 11 is 0. The van der Waals surface area contributed by atoms with Gasteiger partial charge in [-0.05, 0) is 18.2 Å². The zero-order valence-electron chi connectivity index (χ0n) is 22.9. The van der Waals surface area contributed by atoms with Gasteiger partial charge in [-0.25, -0.2) is 24.3 Å². The van der Waals surface area contributed by atoms with Gasteiger partial charge in [-0.2, -0.15) is 18.2 Å². The summed E-state index contributed by atoms with van der Waals surface area (Å²) in [6.45, 7) is 1.87. The molecule has 2 aliphatic rings. The standard InChI is InChI=1S/C31H21F4N7O2/c1-2-24-37-15-18(16-38-24)19-11-12-23(31(33,34)35)39-27(19)22-13-14-36-30(44-22)42-28-29(43)41-26-20(9-6-10-21(26)32)25(40-28)17-7-4-3-5-8-17/h3-12,14-16,28H,2H2,1H3,(H,36,42)(H,41,43). The molecule has 0 spiro atoms. The molecule has 4 aromatic rings. The van der Waals surface area contributed by atoms with Gasteiger partial charge in [0.05, 0.1) is 17.6 Å². The van der Waals surface area contributed by atoms with Crippen molar-refractivity contribution in [1.82, 2.24) is 20.3 Å². The van der Waals surface area contributed by atoms with Crippen molar-refractivity contribution in [2.24, 2.45) is 9.98 Å². The van der Waals surface area contributed by atoms with Gasteiger partial charge in [0, 0.05) is 41.1 Å². The maximum atomic E-state index is 14.8. The van der Waals surface area contributed by atoms with E-state index >= 15 is 0 Å². The fraction of sp³-hybridized carbons (Fsp3) is 0.129. The van der Waals surface area contributed by atoms with E-state index < -0.39 is 29.8 Å². The second-order valence-electron chi connectivity index (χ2n) is 9.50. The Morgan fingerprint density at radius 2 is 1.75 bits per heavy atom. The molecule has 2 N–H and O–H groups in total. The molecule has 4 heterocycles. The molecular formula is C31H21F4N7O2. The Balaban J connectivity index is 1.40. The zero-order valence-corrected chi connectivity index (χ0v) is 22.9. The van der Waals surface area contributed by atoms with Gasteiger partial charge in [0.25, 0.3) is 11.9 Å². The van der Waals surface area contributed by atoms with Crippen LogP contribution in [0.4, 0.5) is 23.2 Å². The van der Waals surface area contributed by atoms with E-state index in [4.69, 9.17) is 4.74 Å². The van der Waals surface area contributed by atoms with E-state index in [-0.39, 0.29) is 28.7 Å². The van der Waals surface area contributed by atoms with Gasteiger partial charge in [0.15, 0.2) is 0 Å². The first kappa shape index (κ1) is 28.4. The van der Waals surface area contributed by atoms with Crippen molar-refractivity contribution >= 4 is 29.1 Å². The third-order valence-electron chi connectivity index (χ3n) is 6.62. The van der Waals surface area contributed by atoms with Crippen molar-refractivity contribution in [3.05, 3.63) is 119 Å². The van der Waals surface area contributed by atoms with Crippen LogP contribution in [0.3, 0.4) is 0 Å². The quantitative estimate of drug-likeness (QED) is 0.231. The molecule has 220 valence electrons. The second-order valence-corrected chi connectivity index (χ2v) is 9.50. The molecule has 9 nitrogen and oxygen atoms in total. The largest absolute Gasteiger partial charge is 0.433 e. The molecule has 0 saturated carbocycles. The third-order valence-corrected chi connectivity index (χ3v) is 6.62. The number of hydrogen-bond donors (Lipinski definition) is 2. The maximum Gasteiger partial charge on any atom is 0.433 e. The van der Waals surface area contributed by atoms with Crippen LogP contribution in [-0.2, 0) is 22.1 Å². The van der Waals surface area contributed by atoms with Gasteiger partial charge >= 0.3 is 6.18 Å². The van der Waals surface area contributed by atoms with Crippen molar-refractivity contribution in [3.63, 3.8) is 0 Å². The molecule has 44 heavy (non-hydrogen) atoms. The number of para-hydroxylation sites is 1. The fourth-order valence-electron chi connectivity index (χ4n) is 4.51. The normalized spacial score (nSPS) is 17.1. The highest BCUT2D eigenvalue weighted by molar-refractivity contribution is 6.19. The third kappa shape index (κ3) is 5.68. The Kier molecular flexibility index (Phi) is 7.46. The number of aliphatic imine (C=N–C) groups is 2. The number of anilines is 1. The highest BCUT2D eigenvalue weighted by atomic mass is 19.4. The van der Waals surface area contributed by atoms with E-state index in [1.54, 1.807) is 36.4 Å². The first-order valence-electron chi connectivity index (χ1n) is 13.3. The number of hydrogen-bond acceptors (Lipinski definition) is 7. The molecule has 0 aliphatic carbocycles. The van der Waals surface area contributed by atoms with Crippen LogP contribution >= 0.6 is 0 Å². The van der Waals surface area contributed by atoms with Crippen molar-refractivity contribution < 1.29 is 27.1 Å². The molecule has 2 aromatic heterocycles. The number of amides is 1. The molecule has 1 amide bonds. The number of halogens is 4. The molecular weight excluding hydrogens is 578 g/mol. The van der Waals surface area contributed by atoms with Crippen molar-refractivity contribution in [2.45, 2.75) is 25.7 Å². The van der Waals surface area contributed by atoms with E-state index in [2.05, 4.69) is 41.3 Å². The zero-order chi connectivity index (χ0) is 30.8. The number of fused-ring (bicyclic) bond motifs is 1. The topological polar surface area (TPSA) is 114 Å². The van der Waals surface area contributed by atoms with Gasteiger partial charge in [-0.1, -0.05) is 55.1 Å². The van der Waals surface area contributed by atoms with Crippen LogP contribution in [0.15, 0.2) is 95.0 Å². The van der Waals surface area contributed by atoms with Gasteiger partial charge in [-0.15, -0.1) is 0 Å². The minimum atomic E-state index is -4.74. The van der Waals surface area contributed by atoms with E-state index in [1.807, 2.05) is 6.92 Å². The lowest BCUT2D eigenvalue weighted by atomic mass is 10.0. The van der Waals surface area contributed by atoms with E-state index in [1.165, 1.54) is 36.8 Å². The smallest absolute Gasteiger partial charge is 0.415 e. The average molecular weight is 600 g/mol. The summed E-state index contributed by atoms with van der Waals surface area (Å²) in [4.78, 5) is 34.3. The molecule has 2 aromatic carbocycles. The minimum absolute atomic E-state index is 0.0603. The van der Waals surface area contributed by atoms with Crippen LogP contribution in [0.2, 0.25) is 0 Å². The van der Waals surface area contributed by atoms with Gasteiger partial charge in [0.1, 0.15) is 23.0 Å². The molecule has 0 bridgehead atoms. The van der Waals surface area contributed by atoms with Crippen LogP contribution in [0.25, 0.3) is 16.9 Å². The number of benzodiazepines with no additional fused rings is 1. The number of carbonyl (C=O) groups excluding carboxylic acids is 1. The number of aromatic nitrogens is 3. The Labute approximate surface area is 247 Å².